The van der Waals surface area contributed by atoms with Crippen LogP contribution >= 0.6 is 0 Å². The molecule has 150 valence electrons. The minimum atomic E-state index is -0.178. The number of hydrogen-bond donors (Lipinski definition) is 1. The highest BCUT2D eigenvalue weighted by atomic mass is 16.1. The summed E-state index contributed by atoms with van der Waals surface area (Å²) in [6, 6.07) is 14.3. The number of aryl methyl sites for hydroxylation is 3. The molecule has 29 heavy (non-hydrogen) atoms. The molecule has 3 rings (SSSR count). The molecule has 0 aliphatic rings. The molecule has 0 saturated heterocycles. The van der Waals surface area contributed by atoms with Crippen molar-refractivity contribution in [2.75, 3.05) is 5.32 Å². The SMILES string of the molecule is Cc1cc(NC(=O)c2cc(C)n(-c3cccc(C(C)C)c3)c2C)n(CCC#N)n1. The lowest BCUT2D eigenvalue weighted by Gasteiger charge is -2.13. The summed E-state index contributed by atoms with van der Waals surface area (Å²) < 4.78 is 3.78. The fourth-order valence-electron chi connectivity index (χ4n) is 3.57. The summed E-state index contributed by atoms with van der Waals surface area (Å²) in [6.07, 6.45) is 0.338. The number of rotatable bonds is 6. The predicted octanol–water partition coefficient (Wildman–Crippen LogP) is 4.89. The fraction of sp³-hybridized carbons (Fsp3) is 0.348. The van der Waals surface area contributed by atoms with Crippen LogP contribution in [0.1, 0.15) is 59.2 Å². The van der Waals surface area contributed by atoms with Crippen molar-refractivity contribution in [2.24, 2.45) is 0 Å². The molecule has 0 aliphatic carbocycles. The molecule has 0 spiro atoms. The lowest BCUT2D eigenvalue weighted by molar-refractivity contribution is 0.102. The molecule has 0 unspecified atom stereocenters. The van der Waals surface area contributed by atoms with Crippen molar-refractivity contribution >= 4 is 11.7 Å². The quantitative estimate of drug-likeness (QED) is 0.652. The molecule has 2 aromatic heterocycles. The smallest absolute Gasteiger partial charge is 0.258 e. The Hall–Kier alpha value is -3.33. The van der Waals surface area contributed by atoms with Crippen molar-refractivity contribution in [3.63, 3.8) is 0 Å². The Kier molecular flexibility index (Phi) is 5.88. The summed E-state index contributed by atoms with van der Waals surface area (Å²) in [6.45, 7) is 10.6. The van der Waals surface area contributed by atoms with Crippen LogP contribution in [0.15, 0.2) is 36.4 Å². The lowest BCUT2D eigenvalue weighted by atomic mass is 10.0. The maximum atomic E-state index is 13.0. The Morgan fingerprint density at radius 3 is 2.66 bits per heavy atom. The van der Waals surface area contributed by atoms with Gasteiger partial charge in [0.15, 0.2) is 0 Å². The zero-order chi connectivity index (χ0) is 21.1. The van der Waals surface area contributed by atoms with Crippen molar-refractivity contribution in [1.29, 1.82) is 5.26 Å². The second-order valence-electron chi connectivity index (χ2n) is 7.63. The predicted molar refractivity (Wildman–Crippen MR) is 114 cm³/mol. The maximum Gasteiger partial charge on any atom is 0.258 e. The molecule has 1 amide bonds. The molecule has 0 radical (unpaired) electrons. The van der Waals surface area contributed by atoms with Gasteiger partial charge in [0.05, 0.1) is 30.3 Å². The van der Waals surface area contributed by atoms with Gasteiger partial charge in [-0.1, -0.05) is 26.0 Å². The number of amides is 1. The number of nitrogens with zero attached hydrogens (tertiary/aromatic N) is 4. The number of aromatic nitrogens is 3. The fourth-order valence-corrected chi connectivity index (χ4v) is 3.57. The standard InChI is InChI=1S/C23H27N5O/c1-15(2)19-8-6-9-20(14-19)28-17(4)13-21(18(28)5)23(29)25-22-12-16(3)26-27(22)11-7-10-24/h6,8-9,12-15H,7,11H2,1-5H3,(H,25,29). The first kappa shape index (κ1) is 20.4. The van der Waals surface area contributed by atoms with E-state index in [0.29, 0.717) is 30.3 Å². The Balaban J connectivity index is 1.92. The van der Waals surface area contributed by atoms with E-state index in [4.69, 9.17) is 5.26 Å². The summed E-state index contributed by atoms with van der Waals surface area (Å²) in [5.74, 6) is 0.864. The number of benzene rings is 1. The van der Waals surface area contributed by atoms with Crippen LogP contribution in [0.2, 0.25) is 0 Å². The van der Waals surface area contributed by atoms with Crippen LogP contribution < -0.4 is 5.32 Å². The molecule has 1 N–H and O–H groups in total. The van der Waals surface area contributed by atoms with Gasteiger partial charge in [0.2, 0.25) is 0 Å². The topological polar surface area (TPSA) is 75.6 Å². The lowest BCUT2D eigenvalue weighted by Crippen LogP contribution is -2.16. The summed E-state index contributed by atoms with van der Waals surface area (Å²) in [5.41, 5.74) is 5.64. The Morgan fingerprint density at radius 2 is 1.97 bits per heavy atom. The molecule has 0 aliphatic heterocycles. The monoisotopic (exact) mass is 389 g/mol. The largest absolute Gasteiger partial charge is 0.318 e. The van der Waals surface area contributed by atoms with E-state index in [2.05, 4.69) is 59.2 Å². The van der Waals surface area contributed by atoms with E-state index in [1.807, 2.05) is 32.9 Å². The van der Waals surface area contributed by atoms with E-state index in [-0.39, 0.29) is 5.91 Å². The van der Waals surface area contributed by atoms with Crippen molar-refractivity contribution in [3.05, 3.63) is 64.6 Å². The van der Waals surface area contributed by atoms with Crippen LogP contribution in [0.4, 0.5) is 5.82 Å². The molecule has 3 aromatic rings. The zero-order valence-corrected chi connectivity index (χ0v) is 17.7. The van der Waals surface area contributed by atoms with E-state index in [0.717, 1.165) is 22.8 Å². The number of hydrogen-bond acceptors (Lipinski definition) is 3. The van der Waals surface area contributed by atoms with Gasteiger partial charge in [-0.05, 0) is 50.5 Å². The van der Waals surface area contributed by atoms with Gasteiger partial charge in [0.25, 0.3) is 5.91 Å². The van der Waals surface area contributed by atoms with Crippen LogP contribution in [0.25, 0.3) is 5.69 Å². The summed E-state index contributed by atoms with van der Waals surface area (Å²) >= 11 is 0. The van der Waals surface area contributed by atoms with Gasteiger partial charge in [-0.15, -0.1) is 0 Å². The van der Waals surface area contributed by atoms with Crippen LogP contribution in [-0.2, 0) is 6.54 Å². The molecule has 0 atom stereocenters. The van der Waals surface area contributed by atoms with Crippen molar-refractivity contribution < 1.29 is 4.79 Å². The van der Waals surface area contributed by atoms with Crippen LogP contribution in [-0.4, -0.2) is 20.3 Å². The zero-order valence-electron chi connectivity index (χ0n) is 17.7. The molecular weight excluding hydrogens is 362 g/mol. The average molecular weight is 390 g/mol. The summed E-state index contributed by atoms with van der Waals surface area (Å²) in [5, 5.41) is 16.2. The molecule has 6 nitrogen and oxygen atoms in total. The molecule has 6 heteroatoms. The van der Waals surface area contributed by atoms with E-state index < -0.39 is 0 Å². The first-order valence-corrected chi connectivity index (χ1v) is 9.83. The molecule has 2 heterocycles. The Bertz CT molecular complexity index is 1080. The molecule has 0 fully saturated rings. The normalized spacial score (nSPS) is 10.9. The Labute approximate surface area is 171 Å². The summed E-state index contributed by atoms with van der Waals surface area (Å²) in [7, 11) is 0. The van der Waals surface area contributed by atoms with Crippen LogP contribution in [0, 0.1) is 32.1 Å². The van der Waals surface area contributed by atoms with Gasteiger partial charge in [-0.2, -0.15) is 10.4 Å². The van der Waals surface area contributed by atoms with E-state index in [9.17, 15) is 4.79 Å². The van der Waals surface area contributed by atoms with Crippen molar-refractivity contribution in [2.45, 2.75) is 53.5 Å². The maximum absolute atomic E-state index is 13.0. The van der Waals surface area contributed by atoms with Crippen molar-refractivity contribution in [3.8, 4) is 11.8 Å². The highest BCUT2D eigenvalue weighted by molar-refractivity contribution is 6.05. The third-order valence-corrected chi connectivity index (χ3v) is 5.05. The number of anilines is 1. The van der Waals surface area contributed by atoms with Gasteiger partial charge < -0.3 is 9.88 Å². The highest BCUT2D eigenvalue weighted by Crippen LogP contribution is 2.25. The first-order valence-electron chi connectivity index (χ1n) is 9.83. The Morgan fingerprint density at radius 1 is 1.21 bits per heavy atom. The molecular formula is C23H27N5O. The van der Waals surface area contributed by atoms with Gasteiger partial charge in [-0.3, -0.25) is 4.79 Å². The number of carbonyl (C=O) groups is 1. The number of nitriles is 1. The molecule has 1 aromatic carbocycles. The summed E-state index contributed by atoms with van der Waals surface area (Å²) in [4.78, 5) is 13.0. The van der Waals surface area contributed by atoms with Gasteiger partial charge in [0, 0.05) is 23.1 Å². The van der Waals surface area contributed by atoms with E-state index in [1.54, 1.807) is 4.68 Å². The van der Waals surface area contributed by atoms with Gasteiger partial charge in [0.1, 0.15) is 5.82 Å². The molecule has 0 bridgehead atoms. The second kappa shape index (κ2) is 8.36. The van der Waals surface area contributed by atoms with Gasteiger partial charge >= 0.3 is 0 Å². The highest BCUT2D eigenvalue weighted by Gasteiger charge is 2.19. The second-order valence-corrected chi connectivity index (χ2v) is 7.63. The number of nitrogens with one attached hydrogen (secondary N) is 1. The van der Waals surface area contributed by atoms with Crippen LogP contribution in [0.5, 0.6) is 0 Å². The minimum Gasteiger partial charge on any atom is -0.318 e. The van der Waals surface area contributed by atoms with E-state index >= 15 is 0 Å². The van der Waals surface area contributed by atoms with E-state index in [1.165, 1.54) is 5.56 Å². The van der Waals surface area contributed by atoms with Crippen molar-refractivity contribution in [1.82, 2.24) is 14.3 Å². The third-order valence-electron chi connectivity index (χ3n) is 5.05. The molecule has 0 saturated carbocycles. The average Bonchev–Trinajstić information content (AvgIpc) is 3.18. The van der Waals surface area contributed by atoms with Crippen LogP contribution in [0.3, 0.4) is 0 Å². The van der Waals surface area contributed by atoms with Gasteiger partial charge in [-0.25, -0.2) is 4.68 Å². The first-order chi connectivity index (χ1) is 13.8. The minimum absolute atomic E-state index is 0.178. The number of carbonyl (C=O) groups excluding carboxylic acids is 1. The third kappa shape index (κ3) is 4.24.